The van der Waals surface area contributed by atoms with Gasteiger partial charge < -0.3 is 5.32 Å². The maximum atomic E-state index is 4.14. The molecule has 3 nitrogen and oxygen atoms in total. The minimum atomic E-state index is 0.800. The molecular formula is C10H10BrN3S. The predicted molar refractivity (Wildman–Crippen MR) is 66.1 cm³/mol. The van der Waals surface area contributed by atoms with E-state index in [0.29, 0.717) is 0 Å². The van der Waals surface area contributed by atoms with E-state index >= 15 is 0 Å². The molecule has 0 amide bonds. The first-order valence-electron chi connectivity index (χ1n) is 4.50. The largest absolute Gasteiger partial charge is 0.364 e. The van der Waals surface area contributed by atoms with E-state index in [0.717, 1.165) is 16.8 Å². The maximum Gasteiger partial charge on any atom is 0.144 e. The van der Waals surface area contributed by atoms with Gasteiger partial charge in [0.15, 0.2) is 0 Å². The zero-order valence-corrected chi connectivity index (χ0v) is 10.6. The molecule has 2 aromatic rings. The fourth-order valence-corrected chi connectivity index (χ4v) is 2.38. The number of hydrogen-bond donors (Lipinski definition) is 1. The van der Waals surface area contributed by atoms with E-state index in [1.54, 1.807) is 17.5 Å². The second-order valence-electron chi connectivity index (χ2n) is 3.09. The first-order valence-corrected chi connectivity index (χ1v) is 6.11. The first-order chi connectivity index (χ1) is 7.25. The van der Waals surface area contributed by atoms with Crippen molar-refractivity contribution in [1.29, 1.82) is 0 Å². The van der Waals surface area contributed by atoms with Gasteiger partial charge in [0, 0.05) is 16.0 Å². The molecule has 78 valence electrons. The molecule has 0 spiro atoms. The molecule has 0 aliphatic carbocycles. The second kappa shape index (κ2) is 4.72. The number of anilines is 1. The van der Waals surface area contributed by atoms with Gasteiger partial charge in [-0.05, 0) is 35.0 Å². The van der Waals surface area contributed by atoms with Crippen LogP contribution in [0.3, 0.4) is 0 Å². The number of nitrogens with one attached hydrogen (secondary N) is 1. The smallest absolute Gasteiger partial charge is 0.144 e. The lowest BCUT2D eigenvalue weighted by Crippen LogP contribution is -2.00. The number of aryl methyl sites for hydroxylation is 1. The lowest BCUT2D eigenvalue weighted by Gasteiger charge is -2.04. The molecule has 15 heavy (non-hydrogen) atoms. The molecule has 0 aliphatic rings. The van der Waals surface area contributed by atoms with E-state index in [-0.39, 0.29) is 0 Å². The monoisotopic (exact) mass is 283 g/mol. The summed E-state index contributed by atoms with van der Waals surface area (Å²) < 4.78 is 0.887. The maximum absolute atomic E-state index is 4.14. The highest BCUT2D eigenvalue weighted by atomic mass is 79.9. The van der Waals surface area contributed by atoms with Crippen molar-refractivity contribution in [2.75, 3.05) is 5.32 Å². The summed E-state index contributed by atoms with van der Waals surface area (Å²) in [6.07, 6.45) is 3.27. The van der Waals surface area contributed by atoms with E-state index in [2.05, 4.69) is 50.3 Å². The quantitative estimate of drug-likeness (QED) is 0.940. The summed E-state index contributed by atoms with van der Waals surface area (Å²) in [7, 11) is 0. The number of halogens is 1. The molecule has 0 atom stereocenters. The van der Waals surface area contributed by atoms with Gasteiger partial charge in [0.25, 0.3) is 0 Å². The molecule has 2 heterocycles. The van der Waals surface area contributed by atoms with Crippen LogP contribution in [0.15, 0.2) is 29.1 Å². The molecule has 0 bridgehead atoms. The molecule has 1 N–H and O–H groups in total. The molecule has 2 rings (SSSR count). The third-order valence-corrected chi connectivity index (χ3v) is 3.47. The third-order valence-electron chi connectivity index (χ3n) is 1.89. The van der Waals surface area contributed by atoms with Crippen LogP contribution in [0.4, 0.5) is 5.82 Å². The van der Waals surface area contributed by atoms with Crippen molar-refractivity contribution in [3.63, 3.8) is 0 Å². The van der Waals surface area contributed by atoms with Gasteiger partial charge in [0.05, 0.1) is 11.0 Å². The molecule has 0 aliphatic heterocycles. The molecule has 0 unspecified atom stereocenters. The zero-order valence-electron chi connectivity index (χ0n) is 8.20. The zero-order chi connectivity index (χ0) is 10.7. The highest BCUT2D eigenvalue weighted by molar-refractivity contribution is 9.10. The molecule has 5 heteroatoms. The normalized spacial score (nSPS) is 10.3. The van der Waals surface area contributed by atoms with Gasteiger partial charge >= 0.3 is 0 Å². The van der Waals surface area contributed by atoms with Crippen LogP contribution < -0.4 is 5.32 Å². The van der Waals surface area contributed by atoms with E-state index in [1.807, 2.05) is 0 Å². The van der Waals surface area contributed by atoms with E-state index < -0.39 is 0 Å². The van der Waals surface area contributed by atoms with Crippen molar-refractivity contribution in [3.8, 4) is 0 Å². The standard InChI is InChI=1S/C10H10BrN3S/c1-7-2-3-8(15-7)4-13-10-9(11)5-12-6-14-10/h2-3,5-6H,4H2,1H3,(H,12,13,14). The summed E-state index contributed by atoms with van der Waals surface area (Å²) in [5.41, 5.74) is 0. The number of aromatic nitrogens is 2. The summed E-state index contributed by atoms with van der Waals surface area (Å²) in [5, 5.41) is 3.25. The summed E-state index contributed by atoms with van der Waals surface area (Å²) in [6, 6.07) is 4.25. The van der Waals surface area contributed by atoms with Gasteiger partial charge in [0.2, 0.25) is 0 Å². The molecule has 0 aromatic carbocycles. The van der Waals surface area contributed by atoms with Gasteiger partial charge in [0.1, 0.15) is 12.1 Å². The number of hydrogen-bond acceptors (Lipinski definition) is 4. The fraction of sp³-hybridized carbons (Fsp3) is 0.200. The van der Waals surface area contributed by atoms with Gasteiger partial charge in [-0.2, -0.15) is 0 Å². The van der Waals surface area contributed by atoms with Crippen molar-refractivity contribution in [3.05, 3.63) is 38.9 Å². The van der Waals surface area contributed by atoms with Crippen LogP contribution in [-0.2, 0) is 6.54 Å². The Morgan fingerprint density at radius 1 is 1.47 bits per heavy atom. The number of thiophene rings is 1. The molecule has 0 saturated carbocycles. The van der Waals surface area contributed by atoms with Crippen LogP contribution in [-0.4, -0.2) is 9.97 Å². The van der Waals surface area contributed by atoms with Crippen LogP contribution in [0.1, 0.15) is 9.75 Å². The molecule has 0 saturated heterocycles. The lowest BCUT2D eigenvalue weighted by atomic mass is 10.4. The summed E-state index contributed by atoms with van der Waals surface area (Å²) in [4.78, 5) is 10.7. The molecule has 0 fully saturated rings. The summed E-state index contributed by atoms with van der Waals surface area (Å²) >= 11 is 5.18. The van der Waals surface area contributed by atoms with Crippen molar-refractivity contribution in [2.24, 2.45) is 0 Å². The first kappa shape index (κ1) is 10.6. The second-order valence-corrected chi connectivity index (χ2v) is 5.31. The van der Waals surface area contributed by atoms with Crippen molar-refractivity contribution in [1.82, 2.24) is 9.97 Å². The number of rotatable bonds is 3. The Labute approximate surface area is 101 Å². The Morgan fingerprint density at radius 3 is 3.00 bits per heavy atom. The van der Waals surface area contributed by atoms with Crippen LogP contribution in [0.2, 0.25) is 0 Å². The third kappa shape index (κ3) is 2.76. The fourth-order valence-electron chi connectivity index (χ4n) is 1.19. The average Bonchev–Trinajstić information content (AvgIpc) is 2.63. The minimum Gasteiger partial charge on any atom is -0.364 e. The molecule has 2 aromatic heterocycles. The highest BCUT2D eigenvalue weighted by Crippen LogP contribution is 2.20. The van der Waals surface area contributed by atoms with Crippen LogP contribution in [0.25, 0.3) is 0 Å². The van der Waals surface area contributed by atoms with Crippen LogP contribution in [0, 0.1) is 6.92 Å². The Hall–Kier alpha value is -0.940. The van der Waals surface area contributed by atoms with Crippen LogP contribution in [0.5, 0.6) is 0 Å². The van der Waals surface area contributed by atoms with E-state index in [1.165, 1.54) is 16.1 Å². The van der Waals surface area contributed by atoms with Gasteiger partial charge in [-0.25, -0.2) is 9.97 Å². The van der Waals surface area contributed by atoms with Gasteiger partial charge in [-0.1, -0.05) is 0 Å². The summed E-state index contributed by atoms with van der Waals surface area (Å²) in [6.45, 7) is 2.91. The average molecular weight is 284 g/mol. The lowest BCUT2D eigenvalue weighted by molar-refractivity contribution is 1.09. The van der Waals surface area contributed by atoms with Crippen molar-refractivity contribution < 1.29 is 0 Å². The molecule has 0 radical (unpaired) electrons. The van der Waals surface area contributed by atoms with Crippen molar-refractivity contribution >= 4 is 33.1 Å². The predicted octanol–water partition coefficient (Wildman–Crippen LogP) is 3.22. The minimum absolute atomic E-state index is 0.800. The van der Waals surface area contributed by atoms with Gasteiger partial charge in [-0.3, -0.25) is 0 Å². The topological polar surface area (TPSA) is 37.8 Å². The summed E-state index contributed by atoms with van der Waals surface area (Å²) in [5.74, 6) is 0.830. The van der Waals surface area contributed by atoms with Crippen LogP contribution >= 0.6 is 27.3 Å². The SMILES string of the molecule is Cc1ccc(CNc2ncncc2Br)s1. The van der Waals surface area contributed by atoms with E-state index in [4.69, 9.17) is 0 Å². The Balaban J connectivity index is 2.02. The van der Waals surface area contributed by atoms with E-state index in [9.17, 15) is 0 Å². The highest BCUT2D eigenvalue weighted by Gasteiger charge is 2.01. The van der Waals surface area contributed by atoms with Gasteiger partial charge in [-0.15, -0.1) is 11.3 Å². The van der Waals surface area contributed by atoms with Crippen molar-refractivity contribution in [2.45, 2.75) is 13.5 Å². The Kier molecular flexibility index (Phi) is 3.33. The molecular weight excluding hydrogens is 274 g/mol. The Bertz CT molecular complexity index is 455. The Morgan fingerprint density at radius 2 is 2.33 bits per heavy atom. The number of nitrogens with zero attached hydrogens (tertiary/aromatic N) is 2.